The summed E-state index contributed by atoms with van der Waals surface area (Å²) in [5, 5.41) is 8.11. The standard InChI is InChI=1S/C25H26N4O3/c1-15-21(26-13-18-6-8-19(9-7-18)17(3)30)14-29-25(27-15)24(16(2)28-29)20-10-11-22(31-4)23(12-20)32-5/h6-12,14,26H,13H2,1-5H3. The van der Waals surface area contributed by atoms with E-state index in [1.54, 1.807) is 25.7 Å². The van der Waals surface area contributed by atoms with E-state index in [1.165, 1.54) is 0 Å². The number of Topliss-reactive ketones (excluding diaryl/α,β-unsaturated/α-hetero) is 1. The Morgan fingerprint density at radius 2 is 1.72 bits per heavy atom. The van der Waals surface area contributed by atoms with E-state index in [1.807, 2.05) is 62.5 Å². The molecule has 7 heteroatoms. The van der Waals surface area contributed by atoms with Crippen molar-refractivity contribution < 1.29 is 14.3 Å². The van der Waals surface area contributed by atoms with E-state index < -0.39 is 0 Å². The maximum atomic E-state index is 11.5. The first kappa shape index (κ1) is 21.4. The van der Waals surface area contributed by atoms with E-state index in [2.05, 4.69) is 10.4 Å². The fourth-order valence-electron chi connectivity index (χ4n) is 3.73. The second-order valence-corrected chi connectivity index (χ2v) is 7.65. The molecule has 2 heterocycles. The lowest BCUT2D eigenvalue weighted by molar-refractivity contribution is 0.101. The van der Waals surface area contributed by atoms with Gasteiger partial charge in [0.1, 0.15) is 0 Å². The number of hydrogen-bond donors (Lipinski definition) is 1. The molecule has 0 aliphatic carbocycles. The highest BCUT2D eigenvalue weighted by Crippen LogP contribution is 2.35. The largest absolute Gasteiger partial charge is 0.493 e. The molecule has 164 valence electrons. The maximum Gasteiger partial charge on any atom is 0.163 e. The normalized spacial score (nSPS) is 10.9. The van der Waals surface area contributed by atoms with Crippen molar-refractivity contribution in [3.8, 4) is 22.6 Å². The van der Waals surface area contributed by atoms with Gasteiger partial charge in [0.25, 0.3) is 0 Å². The highest BCUT2D eigenvalue weighted by atomic mass is 16.5. The van der Waals surface area contributed by atoms with Gasteiger partial charge < -0.3 is 14.8 Å². The number of carbonyl (C=O) groups excluding carboxylic acids is 1. The molecular formula is C25H26N4O3. The molecule has 0 aliphatic heterocycles. The zero-order valence-electron chi connectivity index (χ0n) is 18.9. The van der Waals surface area contributed by atoms with Gasteiger partial charge in [-0.1, -0.05) is 30.3 Å². The first-order valence-electron chi connectivity index (χ1n) is 10.3. The molecule has 0 atom stereocenters. The van der Waals surface area contributed by atoms with Crippen LogP contribution in [-0.4, -0.2) is 34.6 Å². The van der Waals surface area contributed by atoms with Crippen LogP contribution in [0, 0.1) is 13.8 Å². The lowest BCUT2D eigenvalue weighted by Gasteiger charge is -2.11. The van der Waals surface area contributed by atoms with Crippen LogP contribution in [0.1, 0.15) is 34.2 Å². The number of nitrogens with zero attached hydrogens (tertiary/aromatic N) is 3. The highest BCUT2D eigenvalue weighted by Gasteiger charge is 2.17. The first-order chi connectivity index (χ1) is 15.4. The molecule has 1 N–H and O–H groups in total. The van der Waals surface area contributed by atoms with Gasteiger partial charge in [0, 0.05) is 17.7 Å². The summed E-state index contributed by atoms with van der Waals surface area (Å²) in [6.07, 6.45) is 1.96. The number of fused-ring (bicyclic) bond motifs is 1. The number of nitrogens with one attached hydrogen (secondary N) is 1. The number of anilines is 1. The Balaban J connectivity index is 1.64. The number of ketones is 1. The van der Waals surface area contributed by atoms with Crippen LogP contribution in [0.3, 0.4) is 0 Å². The Morgan fingerprint density at radius 3 is 2.38 bits per heavy atom. The van der Waals surface area contributed by atoms with Crippen LogP contribution < -0.4 is 14.8 Å². The van der Waals surface area contributed by atoms with Crippen molar-refractivity contribution >= 4 is 17.1 Å². The van der Waals surface area contributed by atoms with Gasteiger partial charge in [0.2, 0.25) is 0 Å². The Labute approximate surface area is 187 Å². The molecule has 2 aromatic heterocycles. The minimum Gasteiger partial charge on any atom is -0.493 e. The van der Waals surface area contributed by atoms with E-state index in [4.69, 9.17) is 14.5 Å². The van der Waals surface area contributed by atoms with Crippen molar-refractivity contribution in [2.75, 3.05) is 19.5 Å². The second kappa shape index (κ2) is 8.70. The third-order valence-electron chi connectivity index (χ3n) is 5.49. The van der Waals surface area contributed by atoms with Crippen LogP contribution >= 0.6 is 0 Å². The van der Waals surface area contributed by atoms with Gasteiger partial charge in [-0.15, -0.1) is 0 Å². The summed E-state index contributed by atoms with van der Waals surface area (Å²) >= 11 is 0. The van der Waals surface area contributed by atoms with Crippen molar-refractivity contribution in [2.24, 2.45) is 0 Å². The fraction of sp³-hybridized carbons (Fsp3) is 0.240. The van der Waals surface area contributed by atoms with Gasteiger partial charge in [-0.3, -0.25) is 4.79 Å². The van der Waals surface area contributed by atoms with Crippen molar-refractivity contribution in [1.29, 1.82) is 0 Å². The van der Waals surface area contributed by atoms with E-state index in [0.717, 1.165) is 39.4 Å². The number of benzene rings is 2. The van der Waals surface area contributed by atoms with Gasteiger partial charge in [-0.2, -0.15) is 5.10 Å². The molecular weight excluding hydrogens is 404 g/mol. The van der Waals surface area contributed by atoms with Crippen molar-refractivity contribution in [3.63, 3.8) is 0 Å². The highest BCUT2D eigenvalue weighted by molar-refractivity contribution is 5.94. The van der Waals surface area contributed by atoms with Gasteiger partial charge in [0.05, 0.1) is 37.5 Å². The summed E-state index contributed by atoms with van der Waals surface area (Å²) in [5.74, 6) is 1.40. The molecule has 0 fully saturated rings. The third kappa shape index (κ3) is 4.01. The van der Waals surface area contributed by atoms with Crippen LogP contribution in [0.4, 0.5) is 5.69 Å². The van der Waals surface area contributed by atoms with Crippen molar-refractivity contribution in [1.82, 2.24) is 14.6 Å². The molecule has 2 aromatic carbocycles. The Morgan fingerprint density at radius 1 is 1.00 bits per heavy atom. The molecule has 0 radical (unpaired) electrons. The van der Waals surface area contributed by atoms with E-state index in [9.17, 15) is 4.79 Å². The predicted molar refractivity (Wildman–Crippen MR) is 125 cm³/mol. The summed E-state index contributed by atoms with van der Waals surface area (Å²) in [6, 6.07) is 13.4. The van der Waals surface area contributed by atoms with Crippen molar-refractivity contribution in [2.45, 2.75) is 27.3 Å². The summed E-state index contributed by atoms with van der Waals surface area (Å²) in [4.78, 5) is 16.3. The topological polar surface area (TPSA) is 77.8 Å². The third-order valence-corrected chi connectivity index (χ3v) is 5.49. The van der Waals surface area contributed by atoms with Crippen LogP contribution in [0.2, 0.25) is 0 Å². The molecule has 32 heavy (non-hydrogen) atoms. The van der Waals surface area contributed by atoms with Crippen LogP contribution in [0.25, 0.3) is 16.8 Å². The van der Waals surface area contributed by atoms with Crippen molar-refractivity contribution in [3.05, 3.63) is 71.2 Å². The number of methoxy groups -OCH3 is 2. The SMILES string of the molecule is COc1ccc(-c2c(C)nn3cc(NCc4ccc(C(C)=O)cc4)c(C)nc23)cc1OC. The minimum atomic E-state index is 0.0642. The average Bonchev–Trinajstić information content (AvgIpc) is 3.11. The van der Waals surface area contributed by atoms with Gasteiger partial charge in [0.15, 0.2) is 22.9 Å². The maximum absolute atomic E-state index is 11.5. The minimum absolute atomic E-state index is 0.0642. The van der Waals surface area contributed by atoms with E-state index in [0.29, 0.717) is 23.6 Å². The lowest BCUT2D eigenvalue weighted by Crippen LogP contribution is -2.05. The molecule has 0 unspecified atom stereocenters. The quantitative estimate of drug-likeness (QED) is 0.423. The smallest absolute Gasteiger partial charge is 0.163 e. The number of ether oxygens (including phenoxy) is 2. The second-order valence-electron chi connectivity index (χ2n) is 7.65. The van der Waals surface area contributed by atoms with Gasteiger partial charge in [-0.05, 0) is 44.0 Å². The number of aromatic nitrogens is 3. The Kier molecular flexibility index (Phi) is 5.81. The Bertz CT molecular complexity index is 1290. The van der Waals surface area contributed by atoms with Crippen LogP contribution in [-0.2, 0) is 6.54 Å². The summed E-state index contributed by atoms with van der Waals surface area (Å²) in [7, 11) is 3.24. The zero-order valence-corrected chi connectivity index (χ0v) is 18.9. The van der Waals surface area contributed by atoms with Crippen LogP contribution in [0.5, 0.6) is 11.5 Å². The molecule has 0 amide bonds. The number of rotatable bonds is 7. The van der Waals surface area contributed by atoms with Gasteiger partial charge >= 0.3 is 0 Å². The predicted octanol–water partition coefficient (Wildman–Crippen LogP) is 4.85. The monoisotopic (exact) mass is 430 g/mol. The number of aryl methyl sites for hydroxylation is 2. The molecule has 0 spiro atoms. The van der Waals surface area contributed by atoms with Crippen LogP contribution in [0.15, 0.2) is 48.7 Å². The number of hydrogen-bond acceptors (Lipinski definition) is 6. The first-order valence-corrected chi connectivity index (χ1v) is 10.3. The molecule has 7 nitrogen and oxygen atoms in total. The summed E-state index contributed by atoms with van der Waals surface area (Å²) in [5.41, 5.74) is 7.15. The van der Waals surface area contributed by atoms with Gasteiger partial charge in [-0.25, -0.2) is 9.50 Å². The lowest BCUT2D eigenvalue weighted by atomic mass is 10.1. The van der Waals surface area contributed by atoms with E-state index >= 15 is 0 Å². The molecule has 0 aliphatic rings. The fourth-order valence-corrected chi connectivity index (χ4v) is 3.73. The Hall–Kier alpha value is -3.87. The molecule has 4 rings (SSSR count). The van der Waals surface area contributed by atoms with E-state index in [-0.39, 0.29) is 5.78 Å². The summed E-state index contributed by atoms with van der Waals surface area (Å²) < 4.78 is 12.6. The summed E-state index contributed by atoms with van der Waals surface area (Å²) in [6.45, 7) is 6.14. The number of carbonyl (C=O) groups is 1. The average molecular weight is 431 g/mol. The molecule has 0 saturated carbocycles. The zero-order chi connectivity index (χ0) is 22.8. The molecule has 0 bridgehead atoms. The molecule has 4 aromatic rings. The molecule has 0 saturated heterocycles.